The van der Waals surface area contributed by atoms with Gasteiger partial charge >= 0.3 is 0 Å². The first-order chi connectivity index (χ1) is 14.6. The number of amides is 1. The third-order valence-electron chi connectivity index (χ3n) is 5.35. The standard InChI is InChI=1S/C25H25BrN2O2/c1-17-2-3-20(16-24(17)26)25(29)28-21-8-4-18(5-9-21)19-6-10-22(11-7-19)30-23-12-14-27-15-13-23/h2-11,16,23,27H,12-15H2,1H3,(H,28,29). The van der Waals surface area contributed by atoms with Crippen molar-refractivity contribution in [3.8, 4) is 16.9 Å². The Morgan fingerprint density at radius 3 is 2.23 bits per heavy atom. The molecule has 2 N–H and O–H groups in total. The minimum atomic E-state index is -0.122. The molecule has 0 unspecified atom stereocenters. The Hall–Kier alpha value is -2.63. The molecule has 30 heavy (non-hydrogen) atoms. The summed E-state index contributed by atoms with van der Waals surface area (Å²) in [4.78, 5) is 12.5. The van der Waals surface area contributed by atoms with E-state index >= 15 is 0 Å². The highest BCUT2D eigenvalue weighted by atomic mass is 79.9. The Bertz CT molecular complexity index is 1010. The smallest absolute Gasteiger partial charge is 0.255 e. The van der Waals surface area contributed by atoms with Crippen LogP contribution in [-0.4, -0.2) is 25.1 Å². The van der Waals surface area contributed by atoms with E-state index in [2.05, 4.69) is 38.7 Å². The van der Waals surface area contributed by atoms with Gasteiger partial charge in [-0.1, -0.05) is 46.3 Å². The number of rotatable bonds is 5. The fourth-order valence-electron chi connectivity index (χ4n) is 3.52. The molecule has 5 heteroatoms. The molecule has 1 aliphatic rings. The Morgan fingerprint density at radius 2 is 1.60 bits per heavy atom. The number of nitrogens with one attached hydrogen (secondary N) is 2. The van der Waals surface area contributed by atoms with Crippen LogP contribution in [0.2, 0.25) is 0 Å². The van der Waals surface area contributed by atoms with Gasteiger partial charge in [-0.15, -0.1) is 0 Å². The Morgan fingerprint density at radius 1 is 0.967 bits per heavy atom. The normalized spacial score (nSPS) is 14.3. The fourth-order valence-corrected chi connectivity index (χ4v) is 3.89. The predicted molar refractivity (Wildman–Crippen MR) is 125 cm³/mol. The number of aryl methyl sites for hydroxylation is 1. The Kier molecular flexibility index (Phi) is 6.50. The first kappa shape index (κ1) is 20.6. The average molecular weight is 465 g/mol. The number of hydrogen-bond donors (Lipinski definition) is 2. The van der Waals surface area contributed by atoms with Crippen molar-refractivity contribution in [1.82, 2.24) is 5.32 Å². The van der Waals surface area contributed by atoms with Gasteiger partial charge in [0.2, 0.25) is 0 Å². The molecular weight excluding hydrogens is 440 g/mol. The number of anilines is 1. The maximum absolute atomic E-state index is 12.5. The van der Waals surface area contributed by atoms with Gasteiger partial charge in [0.1, 0.15) is 11.9 Å². The molecule has 1 aliphatic heterocycles. The summed E-state index contributed by atoms with van der Waals surface area (Å²) in [5.74, 6) is 0.793. The molecule has 3 aromatic rings. The van der Waals surface area contributed by atoms with Crippen molar-refractivity contribution in [3.63, 3.8) is 0 Å². The molecule has 1 heterocycles. The number of halogens is 1. The van der Waals surface area contributed by atoms with Gasteiger partial charge in [-0.25, -0.2) is 0 Å². The summed E-state index contributed by atoms with van der Waals surface area (Å²) < 4.78 is 7.00. The van der Waals surface area contributed by atoms with Gasteiger partial charge in [0.25, 0.3) is 5.91 Å². The number of carbonyl (C=O) groups excluding carboxylic acids is 1. The van der Waals surface area contributed by atoms with Crippen molar-refractivity contribution < 1.29 is 9.53 Å². The molecule has 4 nitrogen and oxygen atoms in total. The van der Waals surface area contributed by atoms with Crippen LogP contribution in [0.3, 0.4) is 0 Å². The van der Waals surface area contributed by atoms with Crippen LogP contribution in [0.15, 0.2) is 71.2 Å². The largest absolute Gasteiger partial charge is 0.490 e. The van der Waals surface area contributed by atoms with Crippen molar-refractivity contribution in [2.75, 3.05) is 18.4 Å². The summed E-state index contributed by atoms with van der Waals surface area (Å²) in [7, 11) is 0. The van der Waals surface area contributed by atoms with Crippen LogP contribution < -0.4 is 15.4 Å². The molecule has 0 aliphatic carbocycles. The summed E-state index contributed by atoms with van der Waals surface area (Å²) in [5, 5.41) is 6.31. The summed E-state index contributed by atoms with van der Waals surface area (Å²) in [6, 6.07) is 21.7. The summed E-state index contributed by atoms with van der Waals surface area (Å²) in [5.41, 5.74) is 4.71. The molecule has 0 spiro atoms. The van der Waals surface area contributed by atoms with E-state index in [1.807, 2.05) is 61.5 Å². The lowest BCUT2D eigenvalue weighted by atomic mass is 10.0. The van der Waals surface area contributed by atoms with Crippen LogP contribution in [0.4, 0.5) is 5.69 Å². The van der Waals surface area contributed by atoms with Crippen LogP contribution in [0.5, 0.6) is 5.75 Å². The number of ether oxygens (including phenoxy) is 1. The van der Waals surface area contributed by atoms with Gasteiger partial charge < -0.3 is 15.4 Å². The van der Waals surface area contributed by atoms with Crippen LogP contribution in [0, 0.1) is 6.92 Å². The average Bonchev–Trinajstić information content (AvgIpc) is 2.77. The lowest BCUT2D eigenvalue weighted by Crippen LogP contribution is -2.34. The van der Waals surface area contributed by atoms with Gasteiger partial charge in [0.15, 0.2) is 0 Å². The number of hydrogen-bond acceptors (Lipinski definition) is 3. The van der Waals surface area contributed by atoms with E-state index in [9.17, 15) is 4.79 Å². The van der Waals surface area contributed by atoms with Gasteiger partial charge in [0, 0.05) is 15.7 Å². The highest BCUT2D eigenvalue weighted by Gasteiger charge is 2.14. The number of benzene rings is 3. The fraction of sp³-hybridized carbons (Fsp3) is 0.240. The van der Waals surface area contributed by atoms with Crippen LogP contribution in [0.1, 0.15) is 28.8 Å². The second kappa shape index (κ2) is 9.45. The number of carbonyl (C=O) groups is 1. The lowest BCUT2D eigenvalue weighted by Gasteiger charge is -2.23. The predicted octanol–water partition coefficient (Wildman–Crippen LogP) is 5.81. The second-order valence-electron chi connectivity index (χ2n) is 7.59. The van der Waals surface area contributed by atoms with E-state index in [4.69, 9.17) is 4.74 Å². The first-order valence-corrected chi connectivity index (χ1v) is 11.0. The molecule has 3 aromatic carbocycles. The van der Waals surface area contributed by atoms with Crippen LogP contribution in [0.25, 0.3) is 11.1 Å². The van der Waals surface area contributed by atoms with E-state index in [1.165, 1.54) is 0 Å². The Balaban J connectivity index is 1.39. The Labute approximate surface area is 185 Å². The minimum Gasteiger partial charge on any atom is -0.490 e. The maximum atomic E-state index is 12.5. The van der Waals surface area contributed by atoms with Gasteiger partial charge in [0.05, 0.1) is 0 Å². The van der Waals surface area contributed by atoms with E-state index in [0.717, 1.165) is 58.5 Å². The molecule has 0 saturated carbocycles. The van der Waals surface area contributed by atoms with E-state index in [-0.39, 0.29) is 5.91 Å². The molecule has 154 valence electrons. The highest BCUT2D eigenvalue weighted by molar-refractivity contribution is 9.10. The molecule has 1 fully saturated rings. The van der Waals surface area contributed by atoms with E-state index < -0.39 is 0 Å². The molecule has 4 rings (SSSR count). The minimum absolute atomic E-state index is 0.122. The molecule has 0 aromatic heterocycles. The SMILES string of the molecule is Cc1ccc(C(=O)Nc2ccc(-c3ccc(OC4CCNCC4)cc3)cc2)cc1Br. The summed E-state index contributed by atoms with van der Waals surface area (Å²) in [6.45, 7) is 4.04. The summed E-state index contributed by atoms with van der Waals surface area (Å²) in [6.07, 6.45) is 2.40. The zero-order valence-electron chi connectivity index (χ0n) is 17.0. The quantitative estimate of drug-likeness (QED) is 0.500. The third kappa shape index (κ3) is 5.10. The van der Waals surface area contributed by atoms with Crippen molar-refractivity contribution in [2.24, 2.45) is 0 Å². The highest BCUT2D eigenvalue weighted by Crippen LogP contribution is 2.26. The number of piperidine rings is 1. The molecule has 1 saturated heterocycles. The summed E-state index contributed by atoms with van der Waals surface area (Å²) >= 11 is 3.48. The van der Waals surface area contributed by atoms with Crippen molar-refractivity contribution in [1.29, 1.82) is 0 Å². The van der Waals surface area contributed by atoms with Crippen LogP contribution in [-0.2, 0) is 0 Å². The monoisotopic (exact) mass is 464 g/mol. The van der Waals surface area contributed by atoms with Crippen molar-refractivity contribution >= 4 is 27.5 Å². The first-order valence-electron chi connectivity index (χ1n) is 10.2. The topological polar surface area (TPSA) is 50.4 Å². The van der Waals surface area contributed by atoms with E-state index in [1.54, 1.807) is 0 Å². The maximum Gasteiger partial charge on any atom is 0.255 e. The molecule has 1 amide bonds. The van der Waals surface area contributed by atoms with Gasteiger partial charge in [-0.3, -0.25) is 4.79 Å². The molecule has 0 bridgehead atoms. The second-order valence-corrected chi connectivity index (χ2v) is 8.44. The van der Waals surface area contributed by atoms with E-state index in [0.29, 0.717) is 11.7 Å². The molecule has 0 radical (unpaired) electrons. The lowest BCUT2D eigenvalue weighted by molar-refractivity contribution is 0.102. The van der Waals surface area contributed by atoms with Gasteiger partial charge in [-0.2, -0.15) is 0 Å². The zero-order valence-corrected chi connectivity index (χ0v) is 18.5. The molecule has 0 atom stereocenters. The zero-order chi connectivity index (χ0) is 20.9. The van der Waals surface area contributed by atoms with Crippen molar-refractivity contribution in [3.05, 3.63) is 82.3 Å². The van der Waals surface area contributed by atoms with Crippen molar-refractivity contribution in [2.45, 2.75) is 25.9 Å². The van der Waals surface area contributed by atoms with Gasteiger partial charge in [-0.05, 0) is 85.9 Å². The third-order valence-corrected chi connectivity index (χ3v) is 6.21. The molecular formula is C25H25BrN2O2. The van der Waals surface area contributed by atoms with Crippen LogP contribution >= 0.6 is 15.9 Å².